The van der Waals surface area contributed by atoms with Gasteiger partial charge in [0, 0.05) is 28.8 Å². The van der Waals surface area contributed by atoms with E-state index in [2.05, 4.69) is 37.2 Å². The zero-order valence-electron chi connectivity index (χ0n) is 14.7. The van der Waals surface area contributed by atoms with Crippen molar-refractivity contribution in [2.75, 3.05) is 25.0 Å². The van der Waals surface area contributed by atoms with E-state index in [-0.39, 0.29) is 18.4 Å². The molecule has 0 unspecified atom stereocenters. The molecule has 5 nitrogen and oxygen atoms in total. The van der Waals surface area contributed by atoms with Crippen molar-refractivity contribution in [1.82, 2.24) is 4.90 Å². The Morgan fingerprint density at radius 3 is 2.37 bits per heavy atom. The standard InChI is InChI=1S/C20H20Br2N2O3/c21-15-6-9-18(17(22)12-15)27-13-19(25)23-16-7-4-14(5-8-16)20(26)24-10-2-1-3-11-24/h4-9,12H,1-3,10-11,13H2,(H,23,25). The van der Waals surface area contributed by atoms with Crippen LogP contribution in [0.25, 0.3) is 0 Å². The number of rotatable bonds is 5. The van der Waals surface area contributed by atoms with Gasteiger partial charge < -0.3 is 15.0 Å². The highest BCUT2D eigenvalue weighted by molar-refractivity contribution is 9.11. The summed E-state index contributed by atoms with van der Waals surface area (Å²) in [6, 6.07) is 12.5. The largest absolute Gasteiger partial charge is 0.483 e. The van der Waals surface area contributed by atoms with Gasteiger partial charge >= 0.3 is 0 Å². The molecule has 1 N–H and O–H groups in total. The summed E-state index contributed by atoms with van der Waals surface area (Å²) < 4.78 is 7.22. The van der Waals surface area contributed by atoms with Gasteiger partial charge in [-0.1, -0.05) is 15.9 Å². The van der Waals surface area contributed by atoms with Crippen LogP contribution in [0.1, 0.15) is 29.6 Å². The lowest BCUT2D eigenvalue weighted by Gasteiger charge is -2.26. The number of anilines is 1. The van der Waals surface area contributed by atoms with Crippen LogP contribution in [0.4, 0.5) is 5.69 Å². The van der Waals surface area contributed by atoms with Crippen molar-refractivity contribution in [2.45, 2.75) is 19.3 Å². The Hall–Kier alpha value is -1.86. The van der Waals surface area contributed by atoms with Crippen LogP contribution in [0.15, 0.2) is 51.4 Å². The summed E-state index contributed by atoms with van der Waals surface area (Å²) in [5, 5.41) is 2.78. The van der Waals surface area contributed by atoms with Crippen molar-refractivity contribution >= 4 is 49.4 Å². The second-order valence-corrected chi connectivity index (χ2v) is 8.11. The van der Waals surface area contributed by atoms with Crippen molar-refractivity contribution in [2.24, 2.45) is 0 Å². The average Bonchev–Trinajstić information content (AvgIpc) is 2.68. The first-order chi connectivity index (χ1) is 13.0. The molecule has 3 rings (SSSR count). The van der Waals surface area contributed by atoms with Gasteiger partial charge in [-0.15, -0.1) is 0 Å². The molecule has 1 saturated heterocycles. The number of benzene rings is 2. The van der Waals surface area contributed by atoms with Crippen LogP contribution < -0.4 is 10.1 Å². The minimum Gasteiger partial charge on any atom is -0.483 e. The summed E-state index contributed by atoms with van der Waals surface area (Å²) in [7, 11) is 0. The van der Waals surface area contributed by atoms with E-state index < -0.39 is 0 Å². The summed E-state index contributed by atoms with van der Waals surface area (Å²) in [6.07, 6.45) is 3.32. The van der Waals surface area contributed by atoms with Gasteiger partial charge in [0.2, 0.25) is 0 Å². The van der Waals surface area contributed by atoms with Gasteiger partial charge in [0.15, 0.2) is 6.61 Å². The molecule has 0 atom stereocenters. The van der Waals surface area contributed by atoms with E-state index in [0.29, 0.717) is 17.0 Å². The Balaban J connectivity index is 1.52. The maximum atomic E-state index is 12.5. The lowest BCUT2D eigenvalue weighted by molar-refractivity contribution is -0.118. The fraction of sp³-hybridized carbons (Fsp3) is 0.300. The topological polar surface area (TPSA) is 58.6 Å². The molecule has 1 aliphatic heterocycles. The van der Waals surface area contributed by atoms with Gasteiger partial charge in [-0.25, -0.2) is 0 Å². The van der Waals surface area contributed by atoms with Crippen LogP contribution in [0.5, 0.6) is 5.75 Å². The summed E-state index contributed by atoms with van der Waals surface area (Å²) in [5.74, 6) is 0.381. The number of amides is 2. The first-order valence-electron chi connectivity index (χ1n) is 8.80. The fourth-order valence-corrected chi connectivity index (χ4v) is 4.07. The van der Waals surface area contributed by atoms with E-state index in [1.165, 1.54) is 6.42 Å². The Morgan fingerprint density at radius 2 is 1.70 bits per heavy atom. The van der Waals surface area contributed by atoms with Crippen molar-refractivity contribution in [3.8, 4) is 5.75 Å². The molecule has 0 aromatic heterocycles. The van der Waals surface area contributed by atoms with Gasteiger partial charge in [0.25, 0.3) is 11.8 Å². The Kier molecular flexibility index (Phi) is 6.90. The molecule has 0 saturated carbocycles. The molecule has 0 radical (unpaired) electrons. The zero-order chi connectivity index (χ0) is 19.2. The highest BCUT2D eigenvalue weighted by Gasteiger charge is 2.18. The molecule has 1 aliphatic rings. The van der Waals surface area contributed by atoms with E-state index in [1.807, 2.05) is 17.0 Å². The summed E-state index contributed by atoms with van der Waals surface area (Å²) in [6.45, 7) is 1.54. The molecule has 0 bridgehead atoms. The van der Waals surface area contributed by atoms with Crippen LogP contribution >= 0.6 is 31.9 Å². The van der Waals surface area contributed by atoms with Gasteiger partial charge in [0.1, 0.15) is 5.75 Å². The predicted octanol–water partition coefficient (Wildman–Crippen LogP) is 4.86. The maximum Gasteiger partial charge on any atom is 0.262 e. The third-order valence-electron chi connectivity index (χ3n) is 4.31. The van der Waals surface area contributed by atoms with Crippen molar-refractivity contribution in [3.05, 3.63) is 57.0 Å². The molecule has 0 spiro atoms. The lowest BCUT2D eigenvalue weighted by atomic mass is 10.1. The molecular formula is C20H20Br2N2O3. The number of carbonyl (C=O) groups is 2. The van der Waals surface area contributed by atoms with E-state index in [0.717, 1.165) is 34.9 Å². The van der Waals surface area contributed by atoms with Crippen LogP contribution in [0.2, 0.25) is 0 Å². The van der Waals surface area contributed by atoms with Crippen LogP contribution in [0.3, 0.4) is 0 Å². The lowest BCUT2D eigenvalue weighted by Crippen LogP contribution is -2.35. The zero-order valence-corrected chi connectivity index (χ0v) is 17.9. The van der Waals surface area contributed by atoms with Gasteiger partial charge in [-0.05, 0) is 77.7 Å². The summed E-state index contributed by atoms with van der Waals surface area (Å²) in [5.41, 5.74) is 1.28. The van der Waals surface area contributed by atoms with Gasteiger partial charge in [0.05, 0.1) is 4.47 Å². The number of piperidine rings is 1. The number of likely N-dealkylation sites (tertiary alicyclic amines) is 1. The molecule has 2 aromatic carbocycles. The normalized spacial score (nSPS) is 13.9. The van der Waals surface area contributed by atoms with Crippen LogP contribution in [-0.2, 0) is 4.79 Å². The number of halogens is 2. The first kappa shape index (κ1) is 19.9. The molecular weight excluding hydrogens is 476 g/mol. The van der Waals surface area contributed by atoms with Gasteiger partial charge in [-0.2, -0.15) is 0 Å². The predicted molar refractivity (Wildman–Crippen MR) is 112 cm³/mol. The summed E-state index contributed by atoms with van der Waals surface area (Å²) >= 11 is 6.77. The molecule has 0 aliphatic carbocycles. The Labute approximate surface area is 175 Å². The molecule has 1 heterocycles. The molecule has 142 valence electrons. The molecule has 1 fully saturated rings. The van der Waals surface area contributed by atoms with E-state index in [1.54, 1.807) is 30.3 Å². The number of carbonyl (C=O) groups excluding carboxylic acids is 2. The quantitative estimate of drug-likeness (QED) is 0.644. The maximum absolute atomic E-state index is 12.5. The number of nitrogens with zero attached hydrogens (tertiary/aromatic N) is 1. The van der Waals surface area contributed by atoms with E-state index >= 15 is 0 Å². The number of hydrogen-bond donors (Lipinski definition) is 1. The molecule has 2 amide bonds. The Bertz CT molecular complexity index is 818. The third-order valence-corrected chi connectivity index (χ3v) is 5.42. The second kappa shape index (κ2) is 9.37. The monoisotopic (exact) mass is 494 g/mol. The SMILES string of the molecule is O=C(COc1ccc(Br)cc1Br)Nc1ccc(C(=O)N2CCCCC2)cc1. The highest BCUT2D eigenvalue weighted by Crippen LogP contribution is 2.28. The minimum absolute atomic E-state index is 0.0519. The molecule has 27 heavy (non-hydrogen) atoms. The first-order valence-corrected chi connectivity index (χ1v) is 10.4. The van der Waals surface area contributed by atoms with Crippen molar-refractivity contribution in [3.63, 3.8) is 0 Å². The second-order valence-electron chi connectivity index (χ2n) is 6.34. The van der Waals surface area contributed by atoms with E-state index in [9.17, 15) is 9.59 Å². The van der Waals surface area contributed by atoms with Crippen molar-refractivity contribution in [1.29, 1.82) is 0 Å². The van der Waals surface area contributed by atoms with Crippen LogP contribution in [-0.4, -0.2) is 36.4 Å². The number of ether oxygens (including phenoxy) is 1. The van der Waals surface area contributed by atoms with E-state index in [4.69, 9.17) is 4.74 Å². The van der Waals surface area contributed by atoms with Gasteiger partial charge in [-0.3, -0.25) is 9.59 Å². The smallest absolute Gasteiger partial charge is 0.262 e. The number of nitrogens with one attached hydrogen (secondary N) is 1. The summed E-state index contributed by atoms with van der Waals surface area (Å²) in [4.78, 5) is 26.4. The molecule has 2 aromatic rings. The highest BCUT2D eigenvalue weighted by atomic mass is 79.9. The van der Waals surface area contributed by atoms with Crippen molar-refractivity contribution < 1.29 is 14.3 Å². The fourth-order valence-electron chi connectivity index (χ4n) is 2.91. The number of hydrogen-bond acceptors (Lipinski definition) is 3. The third kappa shape index (κ3) is 5.56. The average molecular weight is 496 g/mol. The minimum atomic E-state index is -0.264. The van der Waals surface area contributed by atoms with Crippen LogP contribution in [0, 0.1) is 0 Å². The molecule has 7 heteroatoms. The Morgan fingerprint density at radius 1 is 1.00 bits per heavy atom.